The molecule has 0 radical (unpaired) electrons. The Morgan fingerprint density at radius 1 is 1.04 bits per heavy atom. The van der Waals surface area contributed by atoms with Crippen LogP contribution < -0.4 is 10.6 Å². The Morgan fingerprint density at radius 2 is 1.79 bits per heavy atom. The zero-order valence-corrected chi connectivity index (χ0v) is 17.2. The smallest absolute Gasteiger partial charge is 0.313 e. The van der Waals surface area contributed by atoms with Crippen molar-refractivity contribution in [2.24, 2.45) is 0 Å². The number of aromatic nitrogens is 1. The lowest BCUT2D eigenvalue weighted by molar-refractivity contribution is -0.136. The Hall–Kier alpha value is -2.70. The molecule has 1 heterocycles. The van der Waals surface area contributed by atoms with Crippen LogP contribution in [0.1, 0.15) is 16.8 Å². The first-order valence-electron chi connectivity index (χ1n) is 8.79. The predicted molar refractivity (Wildman–Crippen MR) is 114 cm³/mol. The summed E-state index contributed by atoms with van der Waals surface area (Å²) in [5, 5.41) is 8.77. The minimum Gasteiger partial charge on any atom is -0.347 e. The summed E-state index contributed by atoms with van der Waals surface area (Å²) < 4.78 is 0. The van der Waals surface area contributed by atoms with E-state index in [0.29, 0.717) is 23.7 Å². The molecule has 0 saturated heterocycles. The van der Waals surface area contributed by atoms with E-state index in [1.165, 1.54) is 11.3 Å². The normalized spacial score (nSPS) is 10.5. The van der Waals surface area contributed by atoms with Crippen LogP contribution in [0.3, 0.4) is 0 Å². The molecule has 3 aromatic rings. The summed E-state index contributed by atoms with van der Waals surface area (Å²) in [7, 11) is 0. The molecular formula is C21H20ClN3O2S. The lowest BCUT2D eigenvalue weighted by Gasteiger charge is -2.08. The first-order chi connectivity index (χ1) is 13.4. The van der Waals surface area contributed by atoms with Gasteiger partial charge in [0.05, 0.1) is 5.69 Å². The molecule has 0 saturated carbocycles. The van der Waals surface area contributed by atoms with E-state index in [2.05, 4.69) is 15.6 Å². The van der Waals surface area contributed by atoms with E-state index in [0.717, 1.165) is 27.4 Å². The van der Waals surface area contributed by atoms with E-state index in [-0.39, 0.29) is 0 Å². The average Bonchev–Trinajstić information content (AvgIpc) is 3.14. The van der Waals surface area contributed by atoms with Gasteiger partial charge in [-0.05, 0) is 49.2 Å². The summed E-state index contributed by atoms with van der Waals surface area (Å²) in [6, 6.07) is 13.0. The Balaban J connectivity index is 1.49. The van der Waals surface area contributed by atoms with Crippen molar-refractivity contribution in [1.29, 1.82) is 0 Å². The van der Waals surface area contributed by atoms with Crippen molar-refractivity contribution in [3.63, 3.8) is 0 Å². The van der Waals surface area contributed by atoms with Gasteiger partial charge in [0, 0.05) is 34.6 Å². The molecule has 144 valence electrons. The average molecular weight is 414 g/mol. The third kappa shape index (κ3) is 5.18. The number of hydrogen-bond donors (Lipinski definition) is 2. The standard InChI is InChI=1S/C21H20ClN3O2S/c1-13-3-8-17(11-14(13)2)24-20(27)19(26)23-10-9-18-12-28-21(25-18)15-4-6-16(22)7-5-15/h3-8,11-12H,9-10H2,1-2H3,(H,23,26)(H,24,27). The zero-order valence-electron chi connectivity index (χ0n) is 15.6. The Morgan fingerprint density at radius 3 is 2.50 bits per heavy atom. The van der Waals surface area contributed by atoms with Crippen LogP contribution in [0, 0.1) is 13.8 Å². The summed E-state index contributed by atoms with van der Waals surface area (Å²) >= 11 is 7.44. The summed E-state index contributed by atoms with van der Waals surface area (Å²) in [5.41, 5.74) is 4.65. The quantitative estimate of drug-likeness (QED) is 0.610. The fraction of sp³-hybridized carbons (Fsp3) is 0.190. The van der Waals surface area contributed by atoms with E-state index in [1.54, 1.807) is 6.07 Å². The summed E-state index contributed by atoms with van der Waals surface area (Å²) in [6.45, 7) is 4.28. The van der Waals surface area contributed by atoms with E-state index in [1.807, 2.05) is 55.6 Å². The highest BCUT2D eigenvalue weighted by Gasteiger charge is 2.14. The number of carbonyl (C=O) groups excluding carboxylic acids is 2. The fourth-order valence-electron chi connectivity index (χ4n) is 2.54. The Labute approximate surface area is 172 Å². The van der Waals surface area contributed by atoms with Crippen molar-refractivity contribution < 1.29 is 9.59 Å². The molecule has 0 unspecified atom stereocenters. The molecule has 0 spiro atoms. The summed E-state index contributed by atoms with van der Waals surface area (Å²) in [6.07, 6.45) is 0.548. The molecule has 5 nitrogen and oxygen atoms in total. The van der Waals surface area contributed by atoms with Crippen LogP contribution in [0.4, 0.5) is 5.69 Å². The van der Waals surface area contributed by atoms with Crippen LogP contribution in [0.25, 0.3) is 10.6 Å². The van der Waals surface area contributed by atoms with Crippen molar-refractivity contribution in [1.82, 2.24) is 10.3 Å². The van der Waals surface area contributed by atoms with Gasteiger partial charge in [-0.15, -0.1) is 11.3 Å². The molecule has 0 aliphatic rings. The molecule has 0 fully saturated rings. The maximum absolute atomic E-state index is 12.0. The lowest BCUT2D eigenvalue weighted by atomic mass is 10.1. The zero-order chi connectivity index (χ0) is 20.1. The molecule has 0 bridgehead atoms. The first-order valence-corrected chi connectivity index (χ1v) is 10.0. The topological polar surface area (TPSA) is 71.1 Å². The largest absolute Gasteiger partial charge is 0.347 e. The number of rotatable bonds is 5. The molecule has 2 amide bonds. The number of anilines is 1. The number of carbonyl (C=O) groups is 2. The molecule has 2 aromatic carbocycles. The van der Waals surface area contributed by atoms with Crippen LogP contribution in [0.15, 0.2) is 47.8 Å². The minimum absolute atomic E-state index is 0.336. The molecule has 28 heavy (non-hydrogen) atoms. The van der Waals surface area contributed by atoms with Crippen molar-refractivity contribution in [2.45, 2.75) is 20.3 Å². The van der Waals surface area contributed by atoms with Gasteiger partial charge in [0.1, 0.15) is 5.01 Å². The van der Waals surface area contributed by atoms with Gasteiger partial charge >= 0.3 is 11.8 Å². The van der Waals surface area contributed by atoms with E-state index in [9.17, 15) is 9.59 Å². The lowest BCUT2D eigenvalue weighted by Crippen LogP contribution is -2.36. The SMILES string of the molecule is Cc1ccc(NC(=O)C(=O)NCCc2csc(-c3ccc(Cl)cc3)n2)cc1C. The fourth-order valence-corrected chi connectivity index (χ4v) is 3.52. The molecule has 7 heteroatoms. The molecule has 2 N–H and O–H groups in total. The first kappa shape index (κ1) is 20.0. The highest BCUT2D eigenvalue weighted by Crippen LogP contribution is 2.25. The maximum Gasteiger partial charge on any atom is 0.313 e. The highest BCUT2D eigenvalue weighted by molar-refractivity contribution is 7.13. The Bertz CT molecular complexity index is 999. The predicted octanol–water partition coefficient (Wildman–Crippen LogP) is 4.38. The van der Waals surface area contributed by atoms with Crippen molar-refractivity contribution in [3.05, 3.63) is 69.7 Å². The number of thiazole rings is 1. The second-order valence-corrected chi connectivity index (χ2v) is 7.70. The number of aryl methyl sites for hydroxylation is 2. The number of nitrogens with one attached hydrogen (secondary N) is 2. The van der Waals surface area contributed by atoms with Gasteiger partial charge in [0.15, 0.2) is 0 Å². The van der Waals surface area contributed by atoms with Crippen LogP contribution >= 0.6 is 22.9 Å². The van der Waals surface area contributed by atoms with Crippen LogP contribution in [-0.4, -0.2) is 23.3 Å². The van der Waals surface area contributed by atoms with Gasteiger partial charge in [0.25, 0.3) is 0 Å². The number of benzene rings is 2. The molecule has 3 rings (SSSR count). The molecular weight excluding hydrogens is 394 g/mol. The van der Waals surface area contributed by atoms with Crippen LogP contribution in [0.2, 0.25) is 5.02 Å². The third-order valence-corrected chi connectivity index (χ3v) is 5.47. The van der Waals surface area contributed by atoms with E-state index >= 15 is 0 Å². The minimum atomic E-state index is -0.677. The van der Waals surface area contributed by atoms with Gasteiger partial charge in [0.2, 0.25) is 0 Å². The molecule has 0 aliphatic carbocycles. The maximum atomic E-state index is 12.0. The number of hydrogen-bond acceptors (Lipinski definition) is 4. The molecule has 1 aromatic heterocycles. The second kappa shape index (κ2) is 8.99. The van der Waals surface area contributed by atoms with Crippen molar-refractivity contribution in [2.75, 3.05) is 11.9 Å². The summed E-state index contributed by atoms with van der Waals surface area (Å²) in [4.78, 5) is 28.6. The molecule has 0 atom stereocenters. The van der Waals surface area contributed by atoms with Crippen molar-refractivity contribution >= 4 is 40.4 Å². The number of amides is 2. The van der Waals surface area contributed by atoms with Gasteiger partial charge < -0.3 is 10.6 Å². The van der Waals surface area contributed by atoms with Gasteiger partial charge in [-0.3, -0.25) is 9.59 Å². The van der Waals surface area contributed by atoms with E-state index < -0.39 is 11.8 Å². The van der Waals surface area contributed by atoms with Gasteiger partial charge in [-0.25, -0.2) is 4.98 Å². The van der Waals surface area contributed by atoms with Crippen LogP contribution in [0.5, 0.6) is 0 Å². The van der Waals surface area contributed by atoms with Gasteiger partial charge in [-0.2, -0.15) is 0 Å². The Kier molecular flexibility index (Phi) is 6.44. The van der Waals surface area contributed by atoms with E-state index in [4.69, 9.17) is 11.6 Å². The van der Waals surface area contributed by atoms with Crippen LogP contribution in [-0.2, 0) is 16.0 Å². The second-order valence-electron chi connectivity index (χ2n) is 6.41. The monoisotopic (exact) mass is 413 g/mol. The van der Waals surface area contributed by atoms with Crippen molar-refractivity contribution in [3.8, 4) is 10.6 Å². The number of halogens is 1. The third-order valence-electron chi connectivity index (χ3n) is 4.28. The molecule has 0 aliphatic heterocycles. The summed E-state index contributed by atoms with van der Waals surface area (Å²) in [5.74, 6) is -1.34. The van der Waals surface area contributed by atoms with Gasteiger partial charge in [-0.1, -0.05) is 29.8 Å². The highest BCUT2D eigenvalue weighted by atomic mass is 35.5. The number of nitrogens with zero attached hydrogens (tertiary/aromatic N) is 1.